The highest BCUT2D eigenvalue weighted by molar-refractivity contribution is 5.07. The molecule has 0 aliphatic carbocycles. The summed E-state index contributed by atoms with van der Waals surface area (Å²) in [4.78, 5) is 3.82. The van der Waals surface area contributed by atoms with Crippen LogP contribution < -0.4 is 5.73 Å². The van der Waals surface area contributed by atoms with E-state index >= 15 is 0 Å². The number of nitrogens with two attached hydrogens (primary N) is 1. The van der Waals surface area contributed by atoms with Crippen LogP contribution in [0.2, 0.25) is 0 Å². The predicted molar refractivity (Wildman–Crippen MR) is 35.8 cm³/mol. The molecule has 0 bridgehead atoms. The molecule has 9 heavy (non-hydrogen) atoms. The third-order valence-corrected chi connectivity index (χ3v) is 1.11. The smallest absolute Gasteiger partial charge is 0.0886 e. The van der Waals surface area contributed by atoms with Gasteiger partial charge < -0.3 is 5.73 Å². The zero-order chi connectivity index (χ0) is 6.53. The summed E-state index contributed by atoms with van der Waals surface area (Å²) in [6, 6.07) is 3.77. The summed E-state index contributed by atoms with van der Waals surface area (Å²) < 4.78 is 0. The summed E-state index contributed by atoms with van der Waals surface area (Å²) in [5, 5.41) is 0. The molecule has 0 saturated carbocycles. The maximum Gasteiger partial charge on any atom is 0.0886 e. The Labute approximate surface area is 54.7 Å². The number of rotatable bonds is 2. The van der Waals surface area contributed by atoms with Gasteiger partial charge in [0.05, 0.1) is 6.20 Å². The van der Waals surface area contributed by atoms with Crippen LogP contribution in [0.5, 0.6) is 0 Å². The van der Waals surface area contributed by atoms with Gasteiger partial charge in [-0.1, -0.05) is 6.07 Å². The Kier molecular flexibility index (Phi) is 2.22. The van der Waals surface area contributed by atoms with Gasteiger partial charge in [0.2, 0.25) is 0 Å². The van der Waals surface area contributed by atoms with Crippen LogP contribution in [-0.2, 0) is 6.42 Å². The van der Waals surface area contributed by atoms with Crippen molar-refractivity contribution in [3.63, 3.8) is 0 Å². The van der Waals surface area contributed by atoms with Crippen LogP contribution in [0.4, 0.5) is 0 Å². The van der Waals surface area contributed by atoms with E-state index in [9.17, 15) is 0 Å². The van der Waals surface area contributed by atoms with E-state index in [1.165, 1.54) is 5.56 Å². The molecule has 2 nitrogen and oxygen atoms in total. The number of hydrogen-bond donors (Lipinski definition) is 1. The first-order chi connectivity index (χ1) is 4.43. The molecule has 0 fully saturated rings. The van der Waals surface area contributed by atoms with Gasteiger partial charge in [-0.2, -0.15) is 0 Å². The zero-order valence-corrected chi connectivity index (χ0v) is 5.17. The molecule has 0 aliphatic rings. The summed E-state index contributed by atoms with van der Waals surface area (Å²) >= 11 is 0. The van der Waals surface area contributed by atoms with E-state index in [1.54, 1.807) is 12.3 Å². The lowest BCUT2D eigenvalue weighted by molar-refractivity contribution is 0.958. The van der Waals surface area contributed by atoms with Gasteiger partial charge in [0, 0.05) is 6.20 Å². The van der Waals surface area contributed by atoms with Crippen LogP contribution in [0.3, 0.4) is 0 Å². The number of pyridine rings is 1. The summed E-state index contributed by atoms with van der Waals surface area (Å²) in [5.74, 6) is 0. The van der Waals surface area contributed by atoms with Gasteiger partial charge in [-0.3, -0.25) is 4.98 Å². The maximum atomic E-state index is 5.32. The Morgan fingerprint density at radius 3 is 3.11 bits per heavy atom. The fourth-order valence-corrected chi connectivity index (χ4v) is 0.665. The Bertz CT molecular complexity index is 160. The zero-order valence-electron chi connectivity index (χ0n) is 5.17. The van der Waals surface area contributed by atoms with Crippen molar-refractivity contribution in [2.24, 2.45) is 5.73 Å². The molecule has 1 radical (unpaired) electrons. The minimum absolute atomic E-state index is 0.686. The fraction of sp³-hybridized carbons (Fsp3) is 0.286. The van der Waals surface area contributed by atoms with Crippen LogP contribution in [0.25, 0.3) is 0 Å². The van der Waals surface area contributed by atoms with Crippen molar-refractivity contribution >= 4 is 0 Å². The molecule has 0 unspecified atom stereocenters. The second-order valence-electron chi connectivity index (χ2n) is 1.83. The average molecular weight is 121 g/mol. The van der Waals surface area contributed by atoms with Crippen LogP contribution in [-0.4, -0.2) is 11.5 Å². The molecule has 1 aromatic heterocycles. The molecule has 0 saturated heterocycles. The molecule has 0 amide bonds. The number of aromatic nitrogens is 1. The van der Waals surface area contributed by atoms with E-state index in [0.717, 1.165) is 6.42 Å². The van der Waals surface area contributed by atoms with Crippen molar-refractivity contribution in [1.82, 2.24) is 4.98 Å². The number of hydrogen-bond acceptors (Lipinski definition) is 2. The average Bonchev–Trinajstić information content (AvgIpc) is 1.91. The second-order valence-corrected chi connectivity index (χ2v) is 1.83. The Balaban J connectivity index is 2.61. The normalized spacial score (nSPS) is 9.44. The summed E-state index contributed by atoms with van der Waals surface area (Å²) in [6.45, 7) is 0.686. The van der Waals surface area contributed by atoms with Gasteiger partial charge in [-0.15, -0.1) is 0 Å². The monoisotopic (exact) mass is 121 g/mol. The third kappa shape index (κ3) is 1.82. The van der Waals surface area contributed by atoms with Crippen molar-refractivity contribution in [3.05, 3.63) is 30.1 Å². The first kappa shape index (κ1) is 6.23. The van der Waals surface area contributed by atoms with E-state index in [1.807, 2.05) is 6.07 Å². The quantitative estimate of drug-likeness (QED) is 0.614. The first-order valence-corrected chi connectivity index (χ1v) is 2.94. The van der Waals surface area contributed by atoms with E-state index in [-0.39, 0.29) is 0 Å². The molecule has 0 aliphatic heterocycles. The van der Waals surface area contributed by atoms with Crippen LogP contribution in [0, 0.1) is 6.20 Å². The first-order valence-electron chi connectivity index (χ1n) is 2.94. The second kappa shape index (κ2) is 3.20. The highest BCUT2D eigenvalue weighted by Crippen LogP contribution is 1.93. The van der Waals surface area contributed by atoms with E-state index < -0.39 is 0 Å². The van der Waals surface area contributed by atoms with E-state index in [0.29, 0.717) is 6.54 Å². The van der Waals surface area contributed by atoms with Gasteiger partial charge >= 0.3 is 0 Å². The van der Waals surface area contributed by atoms with Crippen molar-refractivity contribution < 1.29 is 0 Å². The SMILES string of the molecule is NCCc1cc[c]nc1. The molecular formula is C7H9N2. The Hall–Kier alpha value is -0.890. The van der Waals surface area contributed by atoms with Gasteiger partial charge in [0.25, 0.3) is 0 Å². The summed E-state index contributed by atoms with van der Waals surface area (Å²) in [6.07, 6.45) is 5.39. The molecule has 1 aromatic rings. The standard InChI is InChI=1S/C7H9N2/c8-4-3-7-2-1-5-9-6-7/h1-2,6H,3-4,8H2. The van der Waals surface area contributed by atoms with E-state index in [4.69, 9.17) is 5.73 Å². The largest absolute Gasteiger partial charge is 0.330 e. The van der Waals surface area contributed by atoms with Gasteiger partial charge in [0.1, 0.15) is 0 Å². The van der Waals surface area contributed by atoms with Crippen molar-refractivity contribution in [2.45, 2.75) is 6.42 Å². The van der Waals surface area contributed by atoms with Crippen molar-refractivity contribution in [3.8, 4) is 0 Å². The highest BCUT2D eigenvalue weighted by Gasteiger charge is 1.86. The topological polar surface area (TPSA) is 38.9 Å². The van der Waals surface area contributed by atoms with Crippen molar-refractivity contribution in [2.75, 3.05) is 6.54 Å². The molecule has 2 N–H and O–H groups in total. The molecule has 1 heterocycles. The predicted octanol–water partition coefficient (Wildman–Crippen LogP) is 0.383. The molecule has 2 heteroatoms. The van der Waals surface area contributed by atoms with Gasteiger partial charge in [-0.25, -0.2) is 0 Å². The number of nitrogens with zero attached hydrogens (tertiary/aromatic N) is 1. The lowest BCUT2D eigenvalue weighted by Crippen LogP contribution is -2.02. The molecular weight excluding hydrogens is 112 g/mol. The van der Waals surface area contributed by atoms with Crippen LogP contribution in [0.1, 0.15) is 5.56 Å². The fourth-order valence-electron chi connectivity index (χ4n) is 0.665. The summed E-state index contributed by atoms with van der Waals surface area (Å²) in [5.41, 5.74) is 6.50. The highest BCUT2D eigenvalue weighted by atomic mass is 14.6. The molecule has 0 spiro atoms. The molecule has 1 rings (SSSR count). The van der Waals surface area contributed by atoms with E-state index in [2.05, 4.69) is 11.2 Å². The Morgan fingerprint density at radius 2 is 2.56 bits per heavy atom. The Morgan fingerprint density at radius 1 is 1.67 bits per heavy atom. The van der Waals surface area contributed by atoms with Crippen LogP contribution >= 0.6 is 0 Å². The lowest BCUT2D eigenvalue weighted by atomic mass is 10.2. The maximum absolute atomic E-state index is 5.32. The lowest BCUT2D eigenvalue weighted by Gasteiger charge is -1.92. The van der Waals surface area contributed by atoms with Gasteiger partial charge in [-0.05, 0) is 24.6 Å². The summed E-state index contributed by atoms with van der Waals surface area (Å²) in [7, 11) is 0. The molecule has 47 valence electrons. The van der Waals surface area contributed by atoms with Gasteiger partial charge in [0.15, 0.2) is 0 Å². The van der Waals surface area contributed by atoms with Crippen LogP contribution in [0.15, 0.2) is 18.3 Å². The van der Waals surface area contributed by atoms with Crippen molar-refractivity contribution in [1.29, 1.82) is 0 Å². The molecule has 0 atom stereocenters. The third-order valence-electron chi connectivity index (χ3n) is 1.11. The molecule has 0 aromatic carbocycles. The minimum Gasteiger partial charge on any atom is -0.330 e. The minimum atomic E-state index is 0.686.